The molecule has 1 amide bonds. The first-order valence-corrected chi connectivity index (χ1v) is 5.75. The number of rotatable bonds is 2. The van der Waals surface area contributed by atoms with E-state index in [2.05, 4.69) is 5.92 Å². The molecule has 1 aliphatic heterocycles. The number of benzene rings is 1. The number of anilines is 1. The van der Waals surface area contributed by atoms with E-state index in [1.54, 1.807) is 0 Å². The second-order valence-electron chi connectivity index (χ2n) is 4.12. The smallest absolute Gasteiger partial charge is 0.291 e. The maximum Gasteiger partial charge on any atom is 0.291 e. The van der Waals surface area contributed by atoms with Gasteiger partial charge in [0.15, 0.2) is 0 Å². The van der Waals surface area contributed by atoms with Gasteiger partial charge in [0, 0.05) is 18.9 Å². The van der Waals surface area contributed by atoms with Crippen LogP contribution in [-0.2, 0) is 4.79 Å². The summed E-state index contributed by atoms with van der Waals surface area (Å²) in [6.07, 6.45) is 5.45. The molecule has 1 aromatic carbocycles. The van der Waals surface area contributed by atoms with Crippen molar-refractivity contribution < 1.29 is 14.8 Å². The Kier molecular flexibility index (Phi) is 3.32. The minimum atomic E-state index is -0.706. The van der Waals surface area contributed by atoms with Crippen LogP contribution in [0.1, 0.15) is 6.42 Å². The molecule has 1 N–H and O–H groups in total. The summed E-state index contributed by atoms with van der Waals surface area (Å²) in [5.41, 5.74) is -0.276. The van der Waals surface area contributed by atoms with Gasteiger partial charge in [0.1, 0.15) is 10.8 Å². The molecule has 0 radical (unpaired) electrons. The van der Waals surface area contributed by atoms with Crippen LogP contribution in [0.15, 0.2) is 12.1 Å². The van der Waals surface area contributed by atoms with E-state index in [0.717, 1.165) is 6.07 Å². The predicted molar refractivity (Wildman–Crippen MR) is 69.1 cm³/mol. The summed E-state index contributed by atoms with van der Waals surface area (Å²) in [5, 5.41) is 20.3. The molecule has 0 saturated carbocycles. The molecule has 1 fully saturated rings. The number of carbonyl (C=O) groups is 1. The zero-order valence-corrected chi connectivity index (χ0v) is 10.4. The minimum absolute atomic E-state index is 0.137. The van der Waals surface area contributed by atoms with Crippen LogP contribution in [0.2, 0.25) is 5.02 Å². The van der Waals surface area contributed by atoms with E-state index < -0.39 is 10.6 Å². The molecule has 0 bridgehead atoms. The molecule has 7 heteroatoms. The molecule has 1 heterocycles. The number of terminal acetylenes is 1. The topological polar surface area (TPSA) is 83.7 Å². The molecule has 19 heavy (non-hydrogen) atoms. The van der Waals surface area contributed by atoms with Gasteiger partial charge in [0.25, 0.3) is 5.69 Å². The van der Waals surface area contributed by atoms with Gasteiger partial charge in [-0.3, -0.25) is 14.9 Å². The SMILES string of the molecule is C#CC1CC(=O)N(c2cc(Cl)c([N+](=O)[O-])cc2O)C1. The maximum atomic E-state index is 11.8. The Morgan fingerprint density at radius 2 is 2.26 bits per heavy atom. The Labute approximate surface area is 113 Å². The summed E-state index contributed by atoms with van der Waals surface area (Å²) < 4.78 is 0. The largest absolute Gasteiger partial charge is 0.505 e. The van der Waals surface area contributed by atoms with Crippen molar-refractivity contribution >= 4 is 28.9 Å². The number of halogens is 1. The molecule has 0 aromatic heterocycles. The van der Waals surface area contributed by atoms with Crippen LogP contribution < -0.4 is 4.90 Å². The number of hydrogen-bond donors (Lipinski definition) is 1. The fourth-order valence-electron chi connectivity index (χ4n) is 1.95. The van der Waals surface area contributed by atoms with Crippen molar-refractivity contribution in [2.24, 2.45) is 5.92 Å². The quantitative estimate of drug-likeness (QED) is 0.510. The number of aromatic hydroxyl groups is 1. The van der Waals surface area contributed by atoms with Gasteiger partial charge in [-0.1, -0.05) is 11.6 Å². The van der Waals surface area contributed by atoms with Crippen LogP contribution in [0.25, 0.3) is 0 Å². The Morgan fingerprint density at radius 3 is 2.79 bits per heavy atom. The molecule has 0 spiro atoms. The minimum Gasteiger partial charge on any atom is -0.505 e. The van der Waals surface area contributed by atoms with E-state index in [-0.39, 0.29) is 41.3 Å². The highest BCUT2D eigenvalue weighted by Gasteiger charge is 2.32. The summed E-state index contributed by atoms with van der Waals surface area (Å²) >= 11 is 5.76. The van der Waals surface area contributed by atoms with Crippen molar-refractivity contribution in [1.82, 2.24) is 0 Å². The van der Waals surface area contributed by atoms with Gasteiger partial charge in [0.2, 0.25) is 5.91 Å². The van der Waals surface area contributed by atoms with Crippen LogP contribution in [0, 0.1) is 28.4 Å². The highest BCUT2D eigenvalue weighted by Crippen LogP contribution is 2.39. The molecule has 0 aliphatic carbocycles. The lowest BCUT2D eigenvalue weighted by atomic mass is 10.1. The third-order valence-electron chi connectivity index (χ3n) is 2.89. The molecule has 98 valence electrons. The first-order valence-electron chi connectivity index (χ1n) is 5.37. The Hall–Kier alpha value is -2.26. The highest BCUT2D eigenvalue weighted by atomic mass is 35.5. The number of nitro groups is 1. The molecule has 6 nitrogen and oxygen atoms in total. The number of hydrogen-bond acceptors (Lipinski definition) is 4. The van der Waals surface area contributed by atoms with E-state index in [4.69, 9.17) is 18.0 Å². The average Bonchev–Trinajstić information content (AvgIpc) is 2.72. The first kappa shape index (κ1) is 13.2. The number of amides is 1. The maximum absolute atomic E-state index is 11.8. The number of nitrogens with zero attached hydrogens (tertiary/aromatic N) is 2. The van der Waals surface area contributed by atoms with E-state index in [9.17, 15) is 20.0 Å². The standard InChI is InChI=1S/C12H9ClN2O4/c1-2-7-3-12(17)14(6-7)10-4-8(13)9(15(18)19)5-11(10)16/h1,4-5,7,16H,3,6H2. The predicted octanol–water partition coefficient (Wildman–Crippen LogP) is 1.94. The van der Waals surface area contributed by atoms with Gasteiger partial charge in [-0.15, -0.1) is 12.3 Å². The Morgan fingerprint density at radius 1 is 1.58 bits per heavy atom. The molecule has 1 saturated heterocycles. The Balaban J connectivity index is 2.42. The fraction of sp³-hybridized carbons (Fsp3) is 0.250. The molecule has 1 atom stereocenters. The third-order valence-corrected chi connectivity index (χ3v) is 3.19. The molecule has 1 aromatic rings. The van der Waals surface area contributed by atoms with Crippen molar-refractivity contribution in [2.75, 3.05) is 11.4 Å². The number of nitro benzene ring substituents is 1. The summed E-state index contributed by atoms with van der Waals surface area (Å²) in [5.74, 6) is 1.62. The molecule has 1 aliphatic rings. The lowest BCUT2D eigenvalue weighted by molar-refractivity contribution is -0.384. The summed E-state index contributed by atoms with van der Waals surface area (Å²) in [6.45, 7) is 0.261. The number of carbonyl (C=O) groups excluding carboxylic acids is 1. The van der Waals surface area contributed by atoms with Crippen molar-refractivity contribution in [1.29, 1.82) is 0 Å². The first-order chi connectivity index (χ1) is 8.93. The lowest BCUT2D eigenvalue weighted by Gasteiger charge is -2.17. The van der Waals surface area contributed by atoms with Crippen LogP contribution in [0.4, 0.5) is 11.4 Å². The number of phenolic OH excluding ortho intramolecular Hbond substituents is 1. The van der Waals surface area contributed by atoms with Crippen LogP contribution in [-0.4, -0.2) is 22.5 Å². The second kappa shape index (κ2) is 4.78. The molecule has 1 unspecified atom stereocenters. The number of phenols is 1. The lowest BCUT2D eigenvalue weighted by Crippen LogP contribution is -2.24. The van der Waals surface area contributed by atoms with Gasteiger partial charge in [-0.2, -0.15) is 0 Å². The van der Waals surface area contributed by atoms with E-state index in [1.807, 2.05) is 0 Å². The monoisotopic (exact) mass is 280 g/mol. The zero-order chi connectivity index (χ0) is 14.2. The van der Waals surface area contributed by atoms with Gasteiger partial charge in [-0.25, -0.2) is 0 Å². The van der Waals surface area contributed by atoms with Gasteiger partial charge < -0.3 is 10.0 Å². The van der Waals surface area contributed by atoms with Gasteiger partial charge in [0.05, 0.1) is 16.7 Å². The van der Waals surface area contributed by atoms with Crippen LogP contribution in [0.3, 0.4) is 0 Å². The molecular weight excluding hydrogens is 272 g/mol. The van der Waals surface area contributed by atoms with Crippen molar-refractivity contribution in [2.45, 2.75) is 6.42 Å². The summed E-state index contributed by atoms with van der Waals surface area (Å²) in [7, 11) is 0. The van der Waals surface area contributed by atoms with Gasteiger partial charge in [-0.05, 0) is 6.07 Å². The van der Waals surface area contributed by atoms with Crippen molar-refractivity contribution in [3.63, 3.8) is 0 Å². The Bertz CT molecular complexity index is 608. The van der Waals surface area contributed by atoms with Crippen molar-refractivity contribution in [3.05, 3.63) is 27.3 Å². The van der Waals surface area contributed by atoms with Crippen LogP contribution >= 0.6 is 11.6 Å². The second-order valence-corrected chi connectivity index (χ2v) is 4.53. The van der Waals surface area contributed by atoms with Crippen LogP contribution in [0.5, 0.6) is 5.75 Å². The normalized spacial score (nSPS) is 18.4. The fourth-order valence-corrected chi connectivity index (χ4v) is 2.18. The third kappa shape index (κ3) is 2.33. The van der Waals surface area contributed by atoms with Crippen molar-refractivity contribution in [3.8, 4) is 18.1 Å². The summed E-state index contributed by atoms with van der Waals surface area (Å²) in [4.78, 5) is 23.0. The van der Waals surface area contributed by atoms with Gasteiger partial charge >= 0.3 is 0 Å². The molecule has 2 rings (SSSR count). The van der Waals surface area contributed by atoms with E-state index in [0.29, 0.717) is 0 Å². The highest BCUT2D eigenvalue weighted by molar-refractivity contribution is 6.33. The zero-order valence-electron chi connectivity index (χ0n) is 9.67. The van der Waals surface area contributed by atoms with E-state index in [1.165, 1.54) is 11.0 Å². The summed E-state index contributed by atoms with van der Waals surface area (Å²) in [6, 6.07) is 2.12. The average molecular weight is 281 g/mol. The molecular formula is C12H9ClN2O4. The van der Waals surface area contributed by atoms with E-state index >= 15 is 0 Å².